The molecule has 112 valence electrons. The Kier molecular flexibility index (Phi) is 5.16. The molecule has 21 heavy (non-hydrogen) atoms. The minimum atomic E-state index is -0.135. The van der Waals surface area contributed by atoms with Gasteiger partial charge < -0.3 is 14.8 Å². The SMILES string of the molecule is CCOc1ccc(OCC)c(-c2csc(NC(C)=O)n2)c1. The van der Waals surface area contributed by atoms with E-state index in [1.807, 2.05) is 37.4 Å². The Hall–Kier alpha value is -2.08. The second kappa shape index (κ2) is 7.08. The van der Waals surface area contributed by atoms with E-state index in [0.29, 0.717) is 18.3 Å². The first kappa shape index (κ1) is 15.3. The average Bonchev–Trinajstić information content (AvgIpc) is 2.88. The Balaban J connectivity index is 2.36. The molecule has 0 bridgehead atoms. The first-order chi connectivity index (χ1) is 10.1. The van der Waals surface area contributed by atoms with Crippen molar-refractivity contribution >= 4 is 22.4 Å². The van der Waals surface area contributed by atoms with E-state index in [1.54, 1.807) is 0 Å². The van der Waals surface area contributed by atoms with E-state index in [4.69, 9.17) is 9.47 Å². The van der Waals surface area contributed by atoms with Gasteiger partial charge in [0.2, 0.25) is 5.91 Å². The lowest BCUT2D eigenvalue weighted by Crippen LogP contribution is -2.05. The van der Waals surface area contributed by atoms with Gasteiger partial charge in [-0.3, -0.25) is 4.79 Å². The maximum atomic E-state index is 11.1. The zero-order valence-electron chi connectivity index (χ0n) is 12.3. The Morgan fingerprint density at radius 3 is 2.71 bits per heavy atom. The molecule has 1 amide bonds. The van der Waals surface area contributed by atoms with Gasteiger partial charge >= 0.3 is 0 Å². The number of anilines is 1. The van der Waals surface area contributed by atoms with Crippen molar-refractivity contribution in [3.05, 3.63) is 23.6 Å². The summed E-state index contributed by atoms with van der Waals surface area (Å²) in [5, 5.41) is 5.14. The number of benzene rings is 1. The number of hydrogen-bond donors (Lipinski definition) is 1. The third-order valence-corrected chi connectivity index (χ3v) is 3.38. The van der Waals surface area contributed by atoms with Crippen molar-refractivity contribution in [3.8, 4) is 22.8 Å². The zero-order chi connectivity index (χ0) is 15.2. The van der Waals surface area contributed by atoms with Crippen molar-refractivity contribution in [1.82, 2.24) is 4.98 Å². The van der Waals surface area contributed by atoms with Crippen molar-refractivity contribution in [2.24, 2.45) is 0 Å². The summed E-state index contributed by atoms with van der Waals surface area (Å²) in [4.78, 5) is 15.5. The van der Waals surface area contributed by atoms with Crippen LogP contribution in [0.3, 0.4) is 0 Å². The second-order valence-electron chi connectivity index (χ2n) is 4.24. The van der Waals surface area contributed by atoms with Crippen LogP contribution in [0.25, 0.3) is 11.3 Å². The van der Waals surface area contributed by atoms with Crippen LogP contribution < -0.4 is 14.8 Å². The van der Waals surface area contributed by atoms with Crippen molar-refractivity contribution < 1.29 is 14.3 Å². The molecular weight excluding hydrogens is 288 g/mol. The lowest BCUT2D eigenvalue weighted by atomic mass is 10.1. The van der Waals surface area contributed by atoms with Crippen LogP contribution >= 0.6 is 11.3 Å². The number of ether oxygens (including phenoxy) is 2. The fraction of sp³-hybridized carbons (Fsp3) is 0.333. The van der Waals surface area contributed by atoms with E-state index < -0.39 is 0 Å². The molecule has 1 N–H and O–H groups in total. The van der Waals surface area contributed by atoms with Crippen molar-refractivity contribution in [2.75, 3.05) is 18.5 Å². The smallest absolute Gasteiger partial charge is 0.223 e. The molecule has 2 aromatic rings. The Morgan fingerprint density at radius 1 is 1.29 bits per heavy atom. The topological polar surface area (TPSA) is 60.5 Å². The van der Waals surface area contributed by atoms with Crippen molar-refractivity contribution in [2.45, 2.75) is 20.8 Å². The first-order valence-electron chi connectivity index (χ1n) is 6.77. The largest absolute Gasteiger partial charge is 0.494 e. The molecule has 0 saturated heterocycles. The van der Waals surface area contributed by atoms with Crippen LogP contribution in [0.4, 0.5) is 5.13 Å². The molecular formula is C15H18N2O3S. The van der Waals surface area contributed by atoms with E-state index in [-0.39, 0.29) is 5.91 Å². The van der Waals surface area contributed by atoms with Gasteiger partial charge in [-0.25, -0.2) is 4.98 Å². The first-order valence-corrected chi connectivity index (χ1v) is 7.65. The van der Waals surface area contributed by atoms with E-state index in [9.17, 15) is 4.79 Å². The average molecular weight is 306 g/mol. The number of rotatable bonds is 6. The Labute approximate surface area is 127 Å². The Morgan fingerprint density at radius 2 is 2.05 bits per heavy atom. The quantitative estimate of drug-likeness (QED) is 0.886. The van der Waals surface area contributed by atoms with E-state index in [1.165, 1.54) is 18.3 Å². The van der Waals surface area contributed by atoms with Crippen molar-refractivity contribution in [1.29, 1.82) is 0 Å². The molecule has 0 unspecified atom stereocenters. The molecule has 1 aromatic heterocycles. The highest BCUT2D eigenvalue weighted by atomic mass is 32.1. The van der Waals surface area contributed by atoms with Crippen LogP contribution in [-0.4, -0.2) is 24.1 Å². The molecule has 6 heteroatoms. The number of amides is 1. The van der Waals surface area contributed by atoms with E-state index >= 15 is 0 Å². The fourth-order valence-electron chi connectivity index (χ4n) is 1.85. The molecule has 0 aliphatic heterocycles. The number of carbonyl (C=O) groups excluding carboxylic acids is 1. The molecule has 0 saturated carbocycles. The maximum Gasteiger partial charge on any atom is 0.223 e. The second-order valence-corrected chi connectivity index (χ2v) is 5.10. The normalized spacial score (nSPS) is 10.2. The number of carbonyl (C=O) groups is 1. The van der Waals surface area contributed by atoms with Gasteiger partial charge in [-0.1, -0.05) is 0 Å². The van der Waals surface area contributed by atoms with Crippen LogP contribution in [0.2, 0.25) is 0 Å². The molecule has 0 aliphatic carbocycles. The summed E-state index contributed by atoms with van der Waals surface area (Å²) in [6.07, 6.45) is 0. The monoisotopic (exact) mass is 306 g/mol. The Bertz CT molecular complexity index is 625. The number of thiazole rings is 1. The predicted molar refractivity (Wildman–Crippen MR) is 84.2 cm³/mol. The van der Waals surface area contributed by atoms with Gasteiger partial charge in [-0.2, -0.15) is 0 Å². The summed E-state index contributed by atoms with van der Waals surface area (Å²) >= 11 is 1.38. The van der Waals surface area contributed by atoms with Crippen LogP contribution in [0.5, 0.6) is 11.5 Å². The maximum absolute atomic E-state index is 11.1. The predicted octanol–water partition coefficient (Wildman–Crippen LogP) is 3.57. The minimum Gasteiger partial charge on any atom is -0.494 e. The van der Waals surface area contributed by atoms with Crippen LogP contribution in [0, 0.1) is 0 Å². The number of hydrogen-bond acceptors (Lipinski definition) is 5. The summed E-state index contributed by atoms with van der Waals surface area (Å²) < 4.78 is 11.2. The molecule has 1 aromatic carbocycles. The molecule has 0 atom stereocenters. The van der Waals surface area contributed by atoms with Gasteiger partial charge in [0.25, 0.3) is 0 Å². The fourth-order valence-corrected chi connectivity index (χ4v) is 2.61. The highest BCUT2D eigenvalue weighted by Gasteiger charge is 2.12. The molecule has 0 radical (unpaired) electrons. The third-order valence-electron chi connectivity index (χ3n) is 2.62. The van der Waals surface area contributed by atoms with Gasteiger partial charge in [0.05, 0.1) is 18.9 Å². The summed E-state index contributed by atoms with van der Waals surface area (Å²) in [6.45, 7) is 6.51. The molecule has 2 rings (SSSR count). The number of aromatic nitrogens is 1. The van der Waals surface area contributed by atoms with Gasteiger partial charge in [0, 0.05) is 17.9 Å². The highest BCUT2D eigenvalue weighted by molar-refractivity contribution is 7.14. The van der Waals surface area contributed by atoms with Gasteiger partial charge in [0.15, 0.2) is 5.13 Å². The molecule has 0 aliphatic rings. The molecule has 1 heterocycles. The summed E-state index contributed by atoms with van der Waals surface area (Å²) in [7, 11) is 0. The lowest BCUT2D eigenvalue weighted by Gasteiger charge is -2.11. The minimum absolute atomic E-state index is 0.135. The molecule has 0 fully saturated rings. The van der Waals surface area contributed by atoms with Crippen molar-refractivity contribution in [3.63, 3.8) is 0 Å². The van der Waals surface area contributed by atoms with Crippen LogP contribution in [0.15, 0.2) is 23.6 Å². The lowest BCUT2D eigenvalue weighted by molar-refractivity contribution is -0.114. The van der Waals surface area contributed by atoms with Crippen LogP contribution in [0.1, 0.15) is 20.8 Å². The highest BCUT2D eigenvalue weighted by Crippen LogP contribution is 2.35. The van der Waals surface area contributed by atoms with E-state index in [2.05, 4.69) is 10.3 Å². The third kappa shape index (κ3) is 3.95. The van der Waals surface area contributed by atoms with Gasteiger partial charge in [0.1, 0.15) is 11.5 Å². The number of nitrogens with zero attached hydrogens (tertiary/aromatic N) is 1. The summed E-state index contributed by atoms with van der Waals surface area (Å²) in [5.74, 6) is 1.38. The zero-order valence-corrected chi connectivity index (χ0v) is 13.1. The van der Waals surface area contributed by atoms with Gasteiger partial charge in [-0.15, -0.1) is 11.3 Å². The summed E-state index contributed by atoms with van der Waals surface area (Å²) in [5.41, 5.74) is 1.62. The van der Waals surface area contributed by atoms with Gasteiger partial charge in [-0.05, 0) is 32.0 Å². The van der Waals surface area contributed by atoms with E-state index in [0.717, 1.165) is 22.8 Å². The number of nitrogens with one attached hydrogen (secondary N) is 1. The standard InChI is InChI=1S/C15H18N2O3S/c1-4-19-11-6-7-14(20-5-2)12(8-11)13-9-21-15(17-13)16-10(3)18/h6-9H,4-5H2,1-3H3,(H,16,17,18). The summed E-state index contributed by atoms with van der Waals surface area (Å²) in [6, 6.07) is 5.65. The molecule has 0 spiro atoms. The molecule has 5 nitrogen and oxygen atoms in total. The van der Waals surface area contributed by atoms with Crippen LogP contribution in [-0.2, 0) is 4.79 Å².